The molecule has 0 atom stereocenters. The summed E-state index contributed by atoms with van der Waals surface area (Å²) in [6.07, 6.45) is 1.29. The molecule has 0 saturated heterocycles. The van der Waals surface area contributed by atoms with Crippen molar-refractivity contribution in [2.75, 3.05) is 5.73 Å². The number of amides is 1. The quantitative estimate of drug-likeness (QED) is 0.520. The van der Waals surface area contributed by atoms with Gasteiger partial charge in [0.15, 0.2) is 0 Å². The summed E-state index contributed by atoms with van der Waals surface area (Å²) in [4.78, 5) is 10.4. The maximum absolute atomic E-state index is 10.4. The molecule has 5 N–H and O–H groups in total. The highest BCUT2D eigenvalue weighted by Crippen LogP contribution is 2.02. The highest BCUT2D eigenvalue weighted by atomic mass is 35.5. The Hall–Kier alpha value is -1.23. The molecule has 0 aliphatic carbocycles. The monoisotopic (exact) mass is 162 g/mol. The predicted octanol–water partition coefficient (Wildman–Crippen LogP) is -0.487. The molecule has 0 saturated carbocycles. The molecule has 0 unspecified atom stereocenters. The number of nitrogens with two attached hydrogens (primary N) is 2. The molecule has 0 fully saturated rings. The van der Waals surface area contributed by atoms with Gasteiger partial charge in [0.25, 0.3) is 5.91 Å². The smallest absolute Gasteiger partial charge is 0.254 e. The molecule has 1 heterocycles. The van der Waals surface area contributed by atoms with Crippen LogP contribution in [0.5, 0.6) is 0 Å². The van der Waals surface area contributed by atoms with E-state index in [1.54, 1.807) is 0 Å². The number of H-pyrrole nitrogens is 1. The second-order valence-corrected chi connectivity index (χ2v) is 1.56. The third-order valence-electron chi connectivity index (χ3n) is 0.934. The van der Waals surface area contributed by atoms with Gasteiger partial charge in [-0.05, 0) is 0 Å². The fourth-order valence-electron chi connectivity index (χ4n) is 0.492. The minimum Gasteiger partial charge on any atom is -0.383 e. The van der Waals surface area contributed by atoms with E-state index in [9.17, 15) is 4.79 Å². The van der Waals surface area contributed by atoms with Gasteiger partial charge in [-0.2, -0.15) is 5.10 Å². The summed E-state index contributed by atoms with van der Waals surface area (Å²) in [5, 5.41) is 5.87. The molecule has 1 aromatic rings. The second-order valence-electron chi connectivity index (χ2n) is 1.56. The van der Waals surface area contributed by atoms with Crippen molar-refractivity contribution in [3.8, 4) is 0 Å². The molecule has 1 aromatic heterocycles. The van der Waals surface area contributed by atoms with Gasteiger partial charge in [0.1, 0.15) is 11.4 Å². The molecular formula is C4H7ClN4O. The predicted molar refractivity (Wildman–Crippen MR) is 38.8 cm³/mol. The fraction of sp³-hybridized carbons (Fsp3) is 0. The minimum absolute atomic E-state index is 0. The Balaban J connectivity index is 0.000000810. The molecule has 0 spiro atoms. The molecule has 0 bridgehead atoms. The lowest BCUT2D eigenvalue weighted by Gasteiger charge is -1.86. The summed E-state index contributed by atoms with van der Waals surface area (Å²) in [7, 11) is 0. The first-order valence-corrected chi connectivity index (χ1v) is 2.30. The fourth-order valence-corrected chi connectivity index (χ4v) is 0.492. The Morgan fingerprint density at radius 2 is 2.30 bits per heavy atom. The van der Waals surface area contributed by atoms with Gasteiger partial charge in [-0.25, -0.2) is 0 Å². The lowest BCUT2D eigenvalue weighted by atomic mass is 10.3. The lowest BCUT2D eigenvalue weighted by molar-refractivity contribution is 0.100. The largest absolute Gasteiger partial charge is 0.383 e. The summed E-state index contributed by atoms with van der Waals surface area (Å²) in [6, 6.07) is 0. The summed E-state index contributed by atoms with van der Waals surface area (Å²) in [5.74, 6) is -0.358. The average Bonchev–Trinajstić information content (AvgIpc) is 2.13. The molecule has 6 heteroatoms. The Bertz CT molecular complexity index is 233. The first-order chi connectivity index (χ1) is 4.22. The van der Waals surface area contributed by atoms with Crippen LogP contribution in [0.1, 0.15) is 10.4 Å². The number of primary amides is 1. The number of nitrogen functional groups attached to an aromatic ring is 1. The van der Waals surface area contributed by atoms with Crippen molar-refractivity contribution in [1.82, 2.24) is 10.2 Å². The molecule has 1 amide bonds. The number of anilines is 1. The van der Waals surface area contributed by atoms with E-state index in [2.05, 4.69) is 10.2 Å². The van der Waals surface area contributed by atoms with Crippen molar-refractivity contribution in [2.45, 2.75) is 0 Å². The number of hydrogen-bond donors (Lipinski definition) is 3. The van der Waals surface area contributed by atoms with Crippen LogP contribution in [0.3, 0.4) is 0 Å². The molecular weight excluding hydrogens is 156 g/mol. The van der Waals surface area contributed by atoms with Gasteiger partial charge in [-0.3, -0.25) is 9.89 Å². The van der Waals surface area contributed by atoms with Crippen LogP contribution in [0.2, 0.25) is 0 Å². The van der Waals surface area contributed by atoms with Crippen LogP contribution < -0.4 is 11.5 Å². The number of halogens is 1. The maximum atomic E-state index is 10.4. The van der Waals surface area contributed by atoms with Gasteiger partial charge in [-0.15, -0.1) is 12.4 Å². The zero-order valence-electron chi connectivity index (χ0n) is 5.00. The average molecular weight is 163 g/mol. The molecule has 0 aliphatic rings. The number of nitrogens with zero attached hydrogens (tertiary/aromatic N) is 1. The third kappa shape index (κ3) is 1.38. The number of aromatic nitrogens is 2. The number of carbonyl (C=O) groups excluding carboxylic acids is 1. The SMILES string of the molecule is Cl.NC(=O)c1cn[nH]c1N. The van der Waals surface area contributed by atoms with E-state index in [-0.39, 0.29) is 23.8 Å². The van der Waals surface area contributed by atoms with Crippen molar-refractivity contribution >= 4 is 24.1 Å². The first-order valence-electron chi connectivity index (χ1n) is 2.30. The van der Waals surface area contributed by atoms with Crippen molar-refractivity contribution in [3.05, 3.63) is 11.8 Å². The zero-order chi connectivity index (χ0) is 6.85. The normalized spacial score (nSPS) is 8.40. The topological polar surface area (TPSA) is 97.8 Å². The highest BCUT2D eigenvalue weighted by Gasteiger charge is 2.05. The highest BCUT2D eigenvalue weighted by molar-refractivity contribution is 5.96. The van der Waals surface area contributed by atoms with E-state index in [1.807, 2.05) is 0 Å². The molecule has 5 nitrogen and oxygen atoms in total. The number of nitrogens with one attached hydrogen (secondary N) is 1. The molecule has 0 aliphatic heterocycles. The van der Waals surface area contributed by atoms with E-state index in [0.29, 0.717) is 0 Å². The van der Waals surface area contributed by atoms with Gasteiger partial charge >= 0.3 is 0 Å². The van der Waals surface area contributed by atoms with Crippen molar-refractivity contribution in [2.24, 2.45) is 5.73 Å². The molecule has 56 valence electrons. The van der Waals surface area contributed by atoms with E-state index < -0.39 is 5.91 Å². The Morgan fingerprint density at radius 3 is 2.50 bits per heavy atom. The van der Waals surface area contributed by atoms with E-state index in [4.69, 9.17) is 11.5 Å². The van der Waals surface area contributed by atoms with E-state index in [0.717, 1.165) is 0 Å². The van der Waals surface area contributed by atoms with Crippen LogP contribution >= 0.6 is 12.4 Å². The van der Waals surface area contributed by atoms with Gasteiger partial charge in [0, 0.05) is 0 Å². The number of aromatic amines is 1. The van der Waals surface area contributed by atoms with Gasteiger partial charge < -0.3 is 11.5 Å². The van der Waals surface area contributed by atoms with Crippen LogP contribution in [0.15, 0.2) is 6.20 Å². The first kappa shape index (κ1) is 8.77. The van der Waals surface area contributed by atoms with E-state index >= 15 is 0 Å². The van der Waals surface area contributed by atoms with Crippen LogP contribution in [0.25, 0.3) is 0 Å². The molecule has 10 heavy (non-hydrogen) atoms. The van der Waals surface area contributed by atoms with Gasteiger partial charge in [-0.1, -0.05) is 0 Å². The summed E-state index contributed by atoms with van der Waals surface area (Å²) in [5.41, 5.74) is 10.3. The van der Waals surface area contributed by atoms with Crippen molar-refractivity contribution in [3.63, 3.8) is 0 Å². The van der Waals surface area contributed by atoms with Crippen LogP contribution in [-0.4, -0.2) is 16.1 Å². The van der Waals surface area contributed by atoms with Crippen LogP contribution in [-0.2, 0) is 0 Å². The Kier molecular flexibility index (Phi) is 2.69. The molecule has 0 radical (unpaired) electrons. The number of carbonyl (C=O) groups is 1. The standard InChI is InChI=1S/C4H6N4O.ClH/c5-3-2(4(6)9)1-7-8-3;/h1H,(H2,6,9)(H3,5,7,8);1H. The zero-order valence-corrected chi connectivity index (χ0v) is 5.81. The number of hydrogen-bond acceptors (Lipinski definition) is 3. The molecule has 1 rings (SSSR count). The Morgan fingerprint density at radius 1 is 1.70 bits per heavy atom. The summed E-state index contributed by atoms with van der Waals surface area (Å²) >= 11 is 0. The maximum Gasteiger partial charge on any atom is 0.254 e. The third-order valence-corrected chi connectivity index (χ3v) is 0.934. The van der Waals surface area contributed by atoms with Gasteiger partial charge in [0.05, 0.1) is 6.20 Å². The van der Waals surface area contributed by atoms with Crippen LogP contribution in [0, 0.1) is 0 Å². The number of rotatable bonds is 1. The van der Waals surface area contributed by atoms with Crippen molar-refractivity contribution in [1.29, 1.82) is 0 Å². The van der Waals surface area contributed by atoms with Gasteiger partial charge in [0.2, 0.25) is 0 Å². The molecule has 0 aromatic carbocycles. The van der Waals surface area contributed by atoms with Crippen LogP contribution in [0.4, 0.5) is 5.82 Å². The minimum atomic E-state index is -0.568. The summed E-state index contributed by atoms with van der Waals surface area (Å²) in [6.45, 7) is 0. The van der Waals surface area contributed by atoms with E-state index in [1.165, 1.54) is 6.20 Å². The lowest BCUT2D eigenvalue weighted by Crippen LogP contribution is -2.11. The summed E-state index contributed by atoms with van der Waals surface area (Å²) < 4.78 is 0. The Labute approximate surface area is 63.2 Å². The second kappa shape index (κ2) is 3.07. The van der Waals surface area contributed by atoms with Crippen molar-refractivity contribution < 1.29 is 4.79 Å².